The average Bonchev–Trinajstić information content (AvgIpc) is 2.84. The second-order valence-corrected chi connectivity index (χ2v) is 6.35. The number of carbonyl (C=O) groups excluding carboxylic acids is 3. The smallest absolute Gasteiger partial charge is 0.324 e. The number of methoxy groups -OCH3 is 1. The summed E-state index contributed by atoms with van der Waals surface area (Å²) in [6.45, 7) is 4.06. The van der Waals surface area contributed by atoms with Crippen molar-refractivity contribution < 1.29 is 19.1 Å². The Morgan fingerprint density at radius 2 is 1.96 bits per heavy atom. The molecule has 2 N–H and O–H groups in total. The Bertz CT molecular complexity index is 628. The monoisotopic (exact) mass is 347 g/mol. The summed E-state index contributed by atoms with van der Waals surface area (Å²) in [5.41, 5.74) is 1.01. The highest BCUT2D eigenvalue weighted by Gasteiger charge is 2.37. The minimum absolute atomic E-state index is 0.0577. The first-order chi connectivity index (χ1) is 11.9. The van der Waals surface area contributed by atoms with Crippen LogP contribution >= 0.6 is 0 Å². The van der Waals surface area contributed by atoms with Gasteiger partial charge in [0, 0.05) is 19.0 Å². The first-order valence-corrected chi connectivity index (χ1v) is 8.45. The number of nitrogens with one attached hydrogen (secondary N) is 2. The van der Waals surface area contributed by atoms with Crippen LogP contribution in [0, 0.1) is 0 Å². The summed E-state index contributed by atoms with van der Waals surface area (Å²) in [6, 6.07) is 6.54. The molecule has 0 aliphatic carbocycles. The molecule has 136 valence electrons. The highest BCUT2D eigenvalue weighted by atomic mass is 16.5. The van der Waals surface area contributed by atoms with Crippen molar-refractivity contribution in [2.75, 3.05) is 13.7 Å². The van der Waals surface area contributed by atoms with E-state index in [-0.39, 0.29) is 24.3 Å². The highest BCUT2D eigenvalue weighted by Crippen LogP contribution is 2.15. The van der Waals surface area contributed by atoms with Gasteiger partial charge in [-0.2, -0.15) is 0 Å². The summed E-state index contributed by atoms with van der Waals surface area (Å²) in [7, 11) is 1.60. The van der Waals surface area contributed by atoms with E-state index in [2.05, 4.69) is 10.6 Å². The number of hydrogen-bond acceptors (Lipinski definition) is 4. The predicted molar refractivity (Wildman–Crippen MR) is 93.2 cm³/mol. The molecule has 1 aromatic rings. The zero-order valence-corrected chi connectivity index (χ0v) is 14.9. The second kappa shape index (κ2) is 8.50. The maximum Gasteiger partial charge on any atom is 0.324 e. The maximum atomic E-state index is 12.4. The highest BCUT2D eigenvalue weighted by molar-refractivity contribution is 6.04. The fourth-order valence-corrected chi connectivity index (χ4v) is 2.69. The van der Waals surface area contributed by atoms with Crippen molar-refractivity contribution in [1.82, 2.24) is 15.5 Å². The van der Waals surface area contributed by atoms with Crippen LogP contribution in [0.15, 0.2) is 24.3 Å². The van der Waals surface area contributed by atoms with Gasteiger partial charge in [-0.3, -0.25) is 14.5 Å². The van der Waals surface area contributed by atoms with Crippen LogP contribution in [0.1, 0.15) is 32.3 Å². The molecule has 1 fully saturated rings. The number of rotatable bonds is 8. The number of ether oxygens (including phenoxy) is 1. The van der Waals surface area contributed by atoms with Crippen molar-refractivity contribution in [1.29, 1.82) is 0 Å². The largest absolute Gasteiger partial charge is 0.497 e. The van der Waals surface area contributed by atoms with Crippen LogP contribution in [0.4, 0.5) is 4.79 Å². The zero-order valence-electron chi connectivity index (χ0n) is 14.9. The quantitative estimate of drug-likeness (QED) is 0.697. The van der Waals surface area contributed by atoms with Crippen LogP contribution in [0.5, 0.6) is 5.75 Å². The molecule has 7 heteroatoms. The van der Waals surface area contributed by atoms with Gasteiger partial charge < -0.3 is 15.4 Å². The van der Waals surface area contributed by atoms with Crippen molar-refractivity contribution in [2.45, 2.75) is 45.2 Å². The Kier molecular flexibility index (Phi) is 6.38. The van der Waals surface area contributed by atoms with Crippen molar-refractivity contribution in [3.05, 3.63) is 29.8 Å². The van der Waals surface area contributed by atoms with Gasteiger partial charge in [-0.15, -0.1) is 0 Å². The van der Waals surface area contributed by atoms with Crippen molar-refractivity contribution >= 4 is 17.8 Å². The van der Waals surface area contributed by atoms with E-state index in [1.54, 1.807) is 7.11 Å². The van der Waals surface area contributed by atoms with Crippen LogP contribution in [0.2, 0.25) is 0 Å². The molecule has 0 saturated carbocycles. The summed E-state index contributed by atoms with van der Waals surface area (Å²) < 4.78 is 5.10. The van der Waals surface area contributed by atoms with Crippen molar-refractivity contribution in [2.24, 2.45) is 0 Å². The fourth-order valence-electron chi connectivity index (χ4n) is 2.69. The topological polar surface area (TPSA) is 87.7 Å². The Hall–Kier alpha value is -2.57. The van der Waals surface area contributed by atoms with Crippen LogP contribution in [-0.2, 0) is 16.0 Å². The first-order valence-electron chi connectivity index (χ1n) is 8.45. The summed E-state index contributed by atoms with van der Waals surface area (Å²) in [6.07, 6.45) is 1.09. The summed E-state index contributed by atoms with van der Waals surface area (Å²) in [5, 5.41) is 5.43. The van der Waals surface area contributed by atoms with Gasteiger partial charge >= 0.3 is 6.03 Å². The van der Waals surface area contributed by atoms with E-state index >= 15 is 0 Å². The van der Waals surface area contributed by atoms with E-state index in [0.717, 1.165) is 11.3 Å². The lowest BCUT2D eigenvalue weighted by Crippen LogP contribution is -2.35. The van der Waals surface area contributed by atoms with Gasteiger partial charge in [0.05, 0.1) is 7.11 Å². The number of hydrogen-bond donors (Lipinski definition) is 2. The minimum Gasteiger partial charge on any atom is -0.497 e. The maximum absolute atomic E-state index is 12.4. The Balaban J connectivity index is 1.84. The third-order valence-corrected chi connectivity index (χ3v) is 4.00. The minimum atomic E-state index is -0.624. The van der Waals surface area contributed by atoms with Gasteiger partial charge in [-0.25, -0.2) is 4.79 Å². The van der Waals surface area contributed by atoms with E-state index in [1.165, 1.54) is 4.90 Å². The molecule has 0 bridgehead atoms. The van der Waals surface area contributed by atoms with E-state index in [0.29, 0.717) is 19.4 Å². The summed E-state index contributed by atoms with van der Waals surface area (Å²) in [4.78, 5) is 37.3. The van der Waals surface area contributed by atoms with Gasteiger partial charge in [0.2, 0.25) is 5.91 Å². The number of nitrogens with zero attached hydrogens (tertiary/aromatic N) is 1. The van der Waals surface area contributed by atoms with Crippen LogP contribution in [0.3, 0.4) is 0 Å². The lowest BCUT2D eigenvalue weighted by Gasteiger charge is -2.13. The average molecular weight is 347 g/mol. The van der Waals surface area contributed by atoms with E-state index in [4.69, 9.17) is 4.74 Å². The Morgan fingerprint density at radius 3 is 2.56 bits per heavy atom. The number of urea groups is 1. The Morgan fingerprint density at radius 1 is 1.28 bits per heavy atom. The molecule has 4 amide bonds. The number of amides is 4. The molecule has 1 unspecified atom stereocenters. The Labute approximate surface area is 147 Å². The molecule has 1 saturated heterocycles. The molecule has 0 aromatic heterocycles. The van der Waals surface area contributed by atoms with Gasteiger partial charge in [0.25, 0.3) is 5.91 Å². The van der Waals surface area contributed by atoms with Crippen molar-refractivity contribution in [3.8, 4) is 5.75 Å². The third-order valence-electron chi connectivity index (χ3n) is 4.00. The lowest BCUT2D eigenvalue weighted by molar-refractivity contribution is -0.127. The SMILES string of the molecule is COc1ccc(CCN2C(=O)NC(CCC(=O)NC(C)C)C2=O)cc1. The van der Waals surface area contributed by atoms with Crippen LogP contribution in [-0.4, -0.2) is 48.5 Å². The molecule has 1 aromatic carbocycles. The van der Waals surface area contributed by atoms with E-state index < -0.39 is 12.1 Å². The van der Waals surface area contributed by atoms with Gasteiger partial charge in [0.1, 0.15) is 11.8 Å². The summed E-state index contributed by atoms with van der Waals surface area (Å²) >= 11 is 0. The molecule has 25 heavy (non-hydrogen) atoms. The molecular formula is C18H25N3O4. The van der Waals surface area contributed by atoms with E-state index in [9.17, 15) is 14.4 Å². The zero-order chi connectivity index (χ0) is 18.4. The molecule has 7 nitrogen and oxygen atoms in total. The molecule has 1 atom stereocenters. The molecule has 1 aliphatic heterocycles. The lowest BCUT2D eigenvalue weighted by atomic mass is 10.1. The molecular weight excluding hydrogens is 322 g/mol. The molecule has 0 spiro atoms. The molecule has 0 radical (unpaired) electrons. The fraction of sp³-hybridized carbons (Fsp3) is 0.500. The molecule has 1 aliphatic rings. The van der Waals surface area contributed by atoms with Gasteiger partial charge in [0.15, 0.2) is 0 Å². The normalized spacial score (nSPS) is 17.0. The summed E-state index contributed by atoms with van der Waals surface area (Å²) in [5.74, 6) is 0.378. The van der Waals surface area contributed by atoms with Crippen LogP contribution in [0.25, 0.3) is 0 Å². The second-order valence-electron chi connectivity index (χ2n) is 6.35. The third kappa shape index (κ3) is 5.20. The number of carbonyl (C=O) groups is 3. The molecule has 2 rings (SSSR count). The first kappa shape index (κ1) is 18.8. The van der Waals surface area contributed by atoms with Crippen molar-refractivity contribution in [3.63, 3.8) is 0 Å². The van der Waals surface area contributed by atoms with Gasteiger partial charge in [-0.05, 0) is 44.4 Å². The number of benzene rings is 1. The van der Waals surface area contributed by atoms with Crippen LogP contribution < -0.4 is 15.4 Å². The predicted octanol–water partition coefficient (Wildman–Crippen LogP) is 1.46. The number of imide groups is 1. The molecule has 1 heterocycles. The van der Waals surface area contributed by atoms with E-state index in [1.807, 2.05) is 38.1 Å². The van der Waals surface area contributed by atoms with Gasteiger partial charge in [-0.1, -0.05) is 12.1 Å². The standard InChI is InChI=1S/C18H25N3O4/c1-12(2)19-16(22)9-8-15-17(23)21(18(24)20-15)11-10-13-4-6-14(25-3)7-5-13/h4-7,12,15H,8-11H2,1-3H3,(H,19,22)(H,20,24).